The van der Waals surface area contributed by atoms with Crippen LogP contribution in [0.15, 0.2) is 0 Å². The third-order valence-corrected chi connectivity index (χ3v) is 2.87. The van der Waals surface area contributed by atoms with E-state index in [1.807, 2.05) is 13.8 Å². The third-order valence-electron chi connectivity index (χ3n) is 2.87. The molecule has 0 aromatic heterocycles. The van der Waals surface area contributed by atoms with Gasteiger partial charge in [0, 0.05) is 12.6 Å². The minimum Gasteiger partial charge on any atom is -0.380 e. The molecule has 0 spiro atoms. The summed E-state index contributed by atoms with van der Waals surface area (Å²) in [5.41, 5.74) is -0.176. The van der Waals surface area contributed by atoms with Gasteiger partial charge in [-0.25, -0.2) is 0 Å². The molecule has 1 atom stereocenters. The number of nitrogens with zero attached hydrogens (tertiary/aromatic N) is 1. The Kier molecular flexibility index (Phi) is 5.07. The smallest absolute Gasteiger partial charge is 0.0683 e. The van der Waals surface area contributed by atoms with Gasteiger partial charge in [0.1, 0.15) is 0 Å². The zero-order chi connectivity index (χ0) is 11.1. The first-order valence-electron chi connectivity index (χ1n) is 5.86. The van der Waals surface area contributed by atoms with Crippen molar-refractivity contribution >= 4 is 0 Å². The van der Waals surface area contributed by atoms with E-state index >= 15 is 0 Å². The molecule has 1 rings (SSSR count). The molecule has 0 aliphatic carbocycles. The number of nitrogens with one attached hydrogen (secondary N) is 1. The van der Waals surface area contributed by atoms with E-state index < -0.39 is 0 Å². The van der Waals surface area contributed by atoms with E-state index in [0.29, 0.717) is 6.04 Å². The second-order valence-electron chi connectivity index (χ2n) is 4.97. The first-order chi connectivity index (χ1) is 7.14. The van der Waals surface area contributed by atoms with Gasteiger partial charge in [0.15, 0.2) is 0 Å². The summed E-state index contributed by atoms with van der Waals surface area (Å²) in [6.45, 7) is 6.76. The second kappa shape index (κ2) is 6.09. The molecular formula is C12H22N2O. The van der Waals surface area contributed by atoms with Crippen molar-refractivity contribution in [2.45, 2.75) is 45.6 Å². The molecule has 0 bridgehead atoms. The summed E-state index contributed by atoms with van der Waals surface area (Å²) in [6.07, 6.45) is 4.42. The van der Waals surface area contributed by atoms with E-state index in [4.69, 9.17) is 10.00 Å². The number of rotatable bonds is 5. The summed E-state index contributed by atoms with van der Waals surface area (Å²) in [5, 5.41) is 12.3. The molecule has 0 aromatic carbocycles. The normalized spacial score (nSPS) is 22.3. The molecule has 1 aliphatic heterocycles. The molecule has 1 fully saturated rings. The summed E-state index contributed by atoms with van der Waals surface area (Å²) < 4.78 is 5.39. The summed E-state index contributed by atoms with van der Waals surface area (Å²) in [7, 11) is 0. The van der Waals surface area contributed by atoms with Crippen molar-refractivity contribution in [3.63, 3.8) is 0 Å². The average Bonchev–Trinajstić information content (AvgIpc) is 2.26. The molecule has 1 N–H and O–H groups in total. The van der Waals surface area contributed by atoms with Gasteiger partial charge in [-0.2, -0.15) is 5.26 Å². The molecule has 1 aliphatic rings. The van der Waals surface area contributed by atoms with Crippen LogP contribution in [0.4, 0.5) is 0 Å². The van der Waals surface area contributed by atoms with Crippen LogP contribution < -0.4 is 5.32 Å². The molecule has 0 aromatic rings. The largest absolute Gasteiger partial charge is 0.380 e. The van der Waals surface area contributed by atoms with Gasteiger partial charge in [0.25, 0.3) is 0 Å². The molecule has 1 unspecified atom stereocenters. The summed E-state index contributed by atoms with van der Waals surface area (Å²) in [6, 6.07) is 2.86. The minimum absolute atomic E-state index is 0.176. The van der Waals surface area contributed by atoms with Crippen LogP contribution in [-0.2, 0) is 4.74 Å². The van der Waals surface area contributed by atoms with Crippen LogP contribution in [0.3, 0.4) is 0 Å². The molecule has 0 radical (unpaired) electrons. The van der Waals surface area contributed by atoms with E-state index in [1.54, 1.807) is 0 Å². The van der Waals surface area contributed by atoms with Gasteiger partial charge in [-0.15, -0.1) is 0 Å². The maximum atomic E-state index is 8.85. The Balaban J connectivity index is 2.04. The number of hydrogen-bond donors (Lipinski definition) is 1. The van der Waals surface area contributed by atoms with E-state index in [1.165, 1.54) is 12.8 Å². The number of hydrogen-bond acceptors (Lipinski definition) is 3. The first kappa shape index (κ1) is 12.5. The highest BCUT2D eigenvalue weighted by molar-refractivity contribution is 4.91. The van der Waals surface area contributed by atoms with Crippen molar-refractivity contribution in [1.82, 2.24) is 5.32 Å². The van der Waals surface area contributed by atoms with Gasteiger partial charge in [-0.1, -0.05) is 0 Å². The van der Waals surface area contributed by atoms with Crippen LogP contribution in [0.5, 0.6) is 0 Å². The molecule has 15 heavy (non-hydrogen) atoms. The predicted molar refractivity (Wildman–Crippen MR) is 60.5 cm³/mol. The van der Waals surface area contributed by atoms with Crippen LogP contribution >= 0.6 is 0 Å². The maximum Gasteiger partial charge on any atom is 0.0683 e. The van der Waals surface area contributed by atoms with Gasteiger partial charge in [-0.3, -0.25) is 0 Å². The zero-order valence-electron chi connectivity index (χ0n) is 9.88. The fraction of sp³-hybridized carbons (Fsp3) is 0.917. The highest BCUT2D eigenvalue weighted by atomic mass is 16.5. The Morgan fingerprint density at radius 1 is 1.53 bits per heavy atom. The van der Waals surface area contributed by atoms with Crippen LogP contribution in [0, 0.1) is 16.7 Å². The van der Waals surface area contributed by atoms with Crippen LogP contribution in [0.25, 0.3) is 0 Å². The lowest BCUT2D eigenvalue weighted by Gasteiger charge is -2.23. The number of nitriles is 1. The summed E-state index contributed by atoms with van der Waals surface area (Å²) in [4.78, 5) is 0. The number of ether oxygens (including phenoxy) is 1. The van der Waals surface area contributed by atoms with E-state index in [0.717, 1.165) is 32.6 Å². The molecular weight excluding hydrogens is 188 g/mol. The van der Waals surface area contributed by atoms with Gasteiger partial charge in [-0.05, 0) is 46.1 Å². The summed E-state index contributed by atoms with van der Waals surface area (Å²) in [5.74, 6) is 0. The highest BCUT2D eigenvalue weighted by Crippen LogP contribution is 2.20. The van der Waals surface area contributed by atoms with Crippen LogP contribution in [-0.4, -0.2) is 25.8 Å². The van der Waals surface area contributed by atoms with Gasteiger partial charge >= 0.3 is 0 Å². The molecule has 0 amide bonds. The van der Waals surface area contributed by atoms with Crippen molar-refractivity contribution in [2.75, 3.05) is 19.8 Å². The van der Waals surface area contributed by atoms with E-state index in [-0.39, 0.29) is 5.41 Å². The summed E-state index contributed by atoms with van der Waals surface area (Å²) >= 11 is 0. The maximum absolute atomic E-state index is 8.85. The Hall–Kier alpha value is -0.590. The fourth-order valence-corrected chi connectivity index (χ4v) is 1.79. The lowest BCUT2D eigenvalue weighted by atomic mass is 9.90. The average molecular weight is 210 g/mol. The van der Waals surface area contributed by atoms with E-state index in [9.17, 15) is 0 Å². The first-order valence-corrected chi connectivity index (χ1v) is 5.86. The predicted octanol–water partition coefficient (Wildman–Crippen LogP) is 2.08. The van der Waals surface area contributed by atoms with Crippen LogP contribution in [0.2, 0.25) is 0 Å². The minimum atomic E-state index is -0.176. The van der Waals surface area contributed by atoms with E-state index in [2.05, 4.69) is 11.4 Å². The van der Waals surface area contributed by atoms with Gasteiger partial charge in [0.05, 0.1) is 18.1 Å². The quantitative estimate of drug-likeness (QED) is 0.707. The lowest BCUT2D eigenvalue weighted by Crippen LogP contribution is -2.37. The Bertz CT molecular complexity index is 214. The molecule has 1 saturated heterocycles. The Morgan fingerprint density at radius 3 is 2.93 bits per heavy atom. The van der Waals surface area contributed by atoms with Gasteiger partial charge < -0.3 is 10.1 Å². The zero-order valence-corrected chi connectivity index (χ0v) is 9.88. The molecule has 3 heteroatoms. The van der Waals surface area contributed by atoms with Crippen molar-refractivity contribution < 1.29 is 4.74 Å². The van der Waals surface area contributed by atoms with Crippen molar-refractivity contribution in [2.24, 2.45) is 5.41 Å². The van der Waals surface area contributed by atoms with Crippen molar-refractivity contribution in [1.29, 1.82) is 5.26 Å². The topological polar surface area (TPSA) is 45.0 Å². The molecule has 0 saturated carbocycles. The molecule has 3 nitrogen and oxygen atoms in total. The second-order valence-corrected chi connectivity index (χ2v) is 4.97. The standard InChI is InChI=1S/C12H22N2O/c1-12(2,10-13)6-4-7-14-11-5-3-8-15-9-11/h11,14H,3-9H2,1-2H3. The fourth-order valence-electron chi connectivity index (χ4n) is 1.79. The van der Waals surface area contributed by atoms with Crippen LogP contribution in [0.1, 0.15) is 39.5 Å². The molecule has 1 heterocycles. The monoisotopic (exact) mass is 210 g/mol. The SMILES string of the molecule is CC(C)(C#N)CCCNC1CCCOC1. The third kappa shape index (κ3) is 5.15. The highest BCUT2D eigenvalue weighted by Gasteiger charge is 2.16. The van der Waals surface area contributed by atoms with Crippen molar-refractivity contribution in [3.8, 4) is 6.07 Å². The molecule has 86 valence electrons. The lowest BCUT2D eigenvalue weighted by molar-refractivity contribution is 0.0703. The Morgan fingerprint density at radius 2 is 2.33 bits per heavy atom. The van der Waals surface area contributed by atoms with Crippen molar-refractivity contribution in [3.05, 3.63) is 0 Å². The van der Waals surface area contributed by atoms with Gasteiger partial charge in [0.2, 0.25) is 0 Å². The Labute approximate surface area is 92.8 Å².